The molecule has 0 bridgehead atoms. The molecule has 6 nitrogen and oxygen atoms in total. The molecule has 3 heterocycles. The Labute approximate surface area is 145 Å². The molecule has 1 saturated heterocycles. The fourth-order valence-corrected chi connectivity index (χ4v) is 3.95. The molecule has 2 amide bonds. The van der Waals surface area contributed by atoms with E-state index in [9.17, 15) is 4.79 Å². The standard InChI is InChI=1S/C18H31N5O/c1-18(2,3)12-14-8-7-11-22(14)17(24)19-13-16-21-20-15-9-5-4-6-10-23(15)16/h14H,4-13H2,1-3H3,(H,19,24). The van der Waals surface area contributed by atoms with E-state index in [0.717, 1.165) is 50.4 Å². The molecule has 24 heavy (non-hydrogen) atoms. The van der Waals surface area contributed by atoms with E-state index in [1.165, 1.54) is 19.3 Å². The molecule has 1 fully saturated rings. The van der Waals surface area contributed by atoms with Crippen molar-refractivity contribution in [1.82, 2.24) is 25.0 Å². The quantitative estimate of drug-likeness (QED) is 0.924. The molecule has 3 rings (SSSR count). The minimum Gasteiger partial charge on any atom is -0.331 e. The summed E-state index contributed by atoms with van der Waals surface area (Å²) in [5.41, 5.74) is 0.248. The van der Waals surface area contributed by atoms with Crippen molar-refractivity contribution in [3.8, 4) is 0 Å². The van der Waals surface area contributed by atoms with E-state index in [1.807, 2.05) is 4.90 Å². The zero-order valence-corrected chi connectivity index (χ0v) is 15.3. The van der Waals surface area contributed by atoms with Crippen LogP contribution in [0, 0.1) is 5.41 Å². The highest BCUT2D eigenvalue weighted by atomic mass is 16.2. The smallest absolute Gasteiger partial charge is 0.318 e. The van der Waals surface area contributed by atoms with Crippen LogP contribution in [0.3, 0.4) is 0 Å². The highest BCUT2D eigenvalue weighted by Crippen LogP contribution is 2.29. The van der Waals surface area contributed by atoms with Crippen molar-refractivity contribution >= 4 is 6.03 Å². The maximum Gasteiger partial charge on any atom is 0.318 e. The average Bonchev–Trinajstić information content (AvgIpc) is 3.04. The summed E-state index contributed by atoms with van der Waals surface area (Å²) in [6, 6.07) is 0.410. The number of amides is 2. The second-order valence-corrected chi connectivity index (χ2v) is 8.41. The molecule has 6 heteroatoms. The largest absolute Gasteiger partial charge is 0.331 e. The van der Waals surface area contributed by atoms with E-state index in [1.54, 1.807) is 0 Å². The van der Waals surface area contributed by atoms with Crippen LogP contribution in [-0.2, 0) is 19.5 Å². The third kappa shape index (κ3) is 4.08. The lowest BCUT2D eigenvalue weighted by atomic mass is 9.87. The van der Waals surface area contributed by atoms with Gasteiger partial charge in [-0.25, -0.2) is 4.79 Å². The molecule has 2 aliphatic heterocycles. The lowest BCUT2D eigenvalue weighted by Crippen LogP contribution is -2.44. The average molecular weight is 333 g/mol. The molecule has 0 saturated carbocycles. The first-order chi connectivity index (χ1) is 11.4. The molecule has 0 radical (unpaired) electrons. The number of hydrogen-bond acceptors (Lipinski definition) is 3. The number of nitrogens with one attached hydrogen (secondary N) is 1. The van der Waals surface area contributed by atoms with Crippen molar-refractivity contribution in [2.45, 2.75) is 84.8 Å². The topological polar surface area (TPSA) is 63.1 Å². The van der Waals surface area contributed by atoms with Crippen LogP contribution in [0.25, 0.3) is 0 Å². The van der Waals surface area contributed by atoms with Gasteiger partial charge in [0.1, 0.15) is 5.82 Å². The highest BCUT2D eigenvalue weighted by Gasteiger charge is 2.31. The Bertz CT molecular complexity index is 574. The number of nitrogens with zero attached hydrogens (tertiary/aromatic N) is 4. The molecule has 0 aromatic carbocycles. The molecule has 1 N–H and O–H groups in total. The minimum absolute atomic E-state index is 0.0488. The van der Waals surface area contributed by atoms with Gasteiger partial charge in [0.25, 0.3) is 0 Å². The predicted molar refractivity (Wildman–Crippen MR) is 93.6 cm³/mol. The van der Waals surface area contributed by atoms with E-state index in [2.05, 4.69) is 40.9 Å². The molecule has 1 aromatic rings. The maximum atomic E-state index is 12.6. The molecular weight excluding hydrogens is 302 g/mol. The molecule has 2 aliphatic rings. The Balaban J connectivity index is 1.58. The molecule has 1 atom stereocenters. The molecule has 1 unspecified atom stereocenters. The Morgan fingerprint density at radius 3 is 2.79 bits per heavy atom. The van der Waals surface area contributed by atoms with Crippen molar-refractivity contribution in [1.29, 1.82) is 0 Å². The Kier molecular flexibility index (Phi) is 5.11. The number of carbonyl (C=O) groups excluding carboxylic acids is 1. The summed E-state index contributed by atoms with van der Waals surface area (Å²) in [6.45, 7) is 9.05. The number of rotatable bonds is 3. The Morgan fingerprint density at radius 2 is 2.00 bits per heavy atom. The number of hydrogen-bond donors (Lipinski definition) is 1. The first kappa shape index (κ1) is 17.2. The zero-order chi connectivity index (χ0) is 17.2. The fourth-order valence-electron chi connectivity index (χ4n) is 3.95. The zero-order valence-electron chi connectivity index (χ0n) is 15.3. The van der Waals surface area contributed by atoms with Crippen LogP contribution < -0.4 is 5.32 Å². The van der Waals surface area contributed by atoms with Gasteiger partial charge in [0, 0.05) is 25.6 Å². The van der Waals surface area contributed by atoms with E-state index in [-0.39, 0.29) is 11.4 Å². The number of aromatic nitrogens is 3. The van der Waals surface area contributed by atoms with Crippen molar-refractivity contribution in [2.24, 2.45) is 5.41 Å². The summed E-state index contributed by atoms with van der Waals surface area (Å²) in [5, 5.41) is 11.7. The molecule has 1 aromatic heterocycles. The summed E-state index contributed by atoms with van der Waals surface area (Å²) in [7, 11) is 0. The molecule has 0 spiro atoms. The number of likely N-dealkylation sites (tertiary alicyclic amines) is 1. The van der Waals surface area contributed by atoms with Crippen LogP contribution in [0.1, 0.15) is 70.9 Å². The van der Waals surface area contributed by atoms with Gasteiger partial charge in [0.15, 0.2) is 5.82 Å². The van der Waals surface area contributed by atoms with Crippen molar-refractivity contribution in [2.75, 3.05) is 6.54 Å². The van der Waals surface area contributed by atoms with Gasteiger partial charge in [-0.1, -0.05) is 27.2 Å². The second kappa shape index (κ2) is 7.11. The number of fused-ring (bicyclic) bond motifs is 1. The predicted octanol–water partition coefficient (Wildman–Crippen LogP) is 3.11. The first-order valence-corrected chi connectivity index (χ1v) is 9.39. The number of aryl methyl sites for hydroxylation is 1. The van der Waals surface area contributed by atoms with E-state index in [0.29, 0.717) is 12.6 Å². The van der Waals surface area contributed by atoms with Crippen LogP contribution in [0.2, 0.25) is 0 Å². The van der Waals surface area contributed by atoms with E-state index >= 15 is 0 Å². The van der Waals surface area contributed by atoms with Crippen LogP contribution >= 0.6 is 0 Å². The summed E-state index contributed by atoms with van der Waals surface area (Å²) in [5.74, 6) is 1.97. The van der Waals surface area contributed by atoms with Crippen LogP contribution in [-0.4, -0.2) is 38.3 Å². The van der Waals surface area contributed by atoms with Gasteiger partial charge >= 0.3 is 6.03 Å². The second-order valence-electron chi connectivity index (χ2n) is 8.41. The Hall–Kier alpha value is -1.59. The van der Waals surface area contributed by atoms with Crippen molar-refractivity contribution in [3.63, 3.8) is 0 Å². The molecule has 134 valence electrons. The van der Waals surface area contributed by atoms with Gasteiger partial charge in [0.05, 0.1) is 6.54 Å². The summed E-state index contributed by atoms with van der Waals surface area (Å²) < 4.78 is 2.20. The monoisotopic (exact) mass is 333 g/mol. The maximum absolute atomic E-state index is 12.6. The SMILES string of the molecule is CC(C)(C)CC1CCCN1C(=O)NCc1nnc2n1CCCCC2. The van der Waals surface area contributed by atoms with Gasteiger partial charge < -0.3 is 14.8 Å². The van der Waals surface area contributed by atoms with Crippen LogP contribution in [0.15, 0.2) is 0 Å². The normalized spacial score (nSPS) is 21.5. The van der Waals surface area contributed by atoms with Gasteiger partial charge in [-0.15, -0.1) is 10.2 Å². The summed E-state index contributed by atoms with van der Waals surface area (Å²) in [6.07, 6.45) is 7.89. The summed E-state index contributed by atoms with van der Waals surface area (Å²) in [4.78, 5) is 14.6. The van der Waals surface area contributed by atoms with Gasteiger partial charge in [-0.2, -0.15) is 0 Å². The fraction of sp³-hybridized carbons (Fsp3) is 0.833. The third-order valence-electron chi connectivity index (χ3n) is 5.07. The van der Waals surface area contributed by atoms with Crippen LogP contribution in [0.4, 0.5) is 4.79 Å². The van der Waals surface area contributed by atoms with Crippen LogP contribution in [0.5, 0.6) is 0 Å². The van der Waals surface area contributed by atoms with E-state index < -0.39 is 0 Å². The highest BCUT2D eigenvalue weighted by molar-refractivity contribution is 5.74. The Morgan fingerprint density at radius 1 is 1.17 bits per heavy atom. The lowest BCUT2D eigenvalue weighted by Gasteiger charge is -2.30. The van der Waals surface area contributed by atoms with E-state index in [4.69, 9.17) is 0 Å². The molecular formula is C18H31N5O. The van der Waals surface area contributed by atoms with Crippen molar-refractivity contribution < 1.29 is 4.79 Å². The number of urea groups is 1. The third-order valence-corrected chi connectivity index (χ3v) is 5.07. The lowest BCUT2D eigenvalue weighted by molar-refractivity contribution is 0.174. The minimum atomic E-state index is 0.0488. The summed E-state index contributed by atoms with van der Waals surface area (Å²) >= 11 is 0. The number of carbonyl (C=O) groups is 1. The van der Waals surface area contributed by atoms with Gasteiger partial charge in [-0.3, -0.25) is 0 Å². The van der Waals surface area contributed by atoms with Gasteiger partial charge in [-0.05, 0) is 37.5 Å². The van der Waals surface area contributed by atoms with Gasteiger partial charge in [0.2, 0.25) is 0 Å². The van der Waals surface area contributed by atoms with Crippen molar-refractivity contribution in [3.05, 3.63) is 11.6 Å². The molecule has 0 aliphatic carbocycles. The first-order valence-electron chi connectivity index (χ1n) is 9.39.